The SMILES string of the molecule is Cc1ccccc1.NCCC(=O)Nc1ccc2cnccc2c1. The number of amides is 1. The van der Waals surface area contributed by atoms with Gasteiger partial charge >= 0.3 is 0 Å². The average Bonchev–Trinajstić information content (AvgIpc) is 2.56. The predicted molar refractivity (Wildman–Crippen MR) is 95.2 cm³/mol. The van der Waals surface area contributed by atoms with Gasteiger partial charge in [-0.2, -0.15) is 0 Å². The number of carbonyl (C=O) groups excluding carboxylic acids is 1. The first-order chi connectivity index (χ1) is 11.2. The van der Waals surface area contributed by atoms with Crippen LogP contribution in [0.4, 0.5) is 5.69 Å². The van der Waals surface area contributed by atoms with E-state index in [1.165, 1.54) is 5.56 Å². The van der Waals surface area contributed by atoms with Crippen molar-refractivity contribution >= 4 is 22.4 Å². The number of rotatable bonds is 3. The molecule has 3 rings (SSSR count). The van der Waals surface area contributed by atoms with E-state index >= 15 is 0 Å². The quantitative estimate of drug-likeness (QED) is 0.778. The van der Waals surface area contributed by atoms with Crippen molar-refractivity contribution in [1.82, 2.24) is 4.98 Å². The Morgan fingerprint density at radius 3 is 2.52 bits per heavy atom. The molecule has 0 fully saturated rings. The number of pyridine rings is 1. The smallest absolute Gasteiger partial charge is 0.225 e. The number of hydrogen-bond donors (Lipinski definition) is 2. The van der Waals surface area contributed by atoms with Crippen LogP contribution in [0.2, 0.25) is 0 Å². The van der Waals surface area contributed by atoms with Gasteiger partial charge in [-0.25, -0.2) is 0 Å². The molecular weight excluding hydrogens is 286 g/mol. The Labute approximate surface area is 136 Å². The van der Waals surface area contributed by atoms with E-state index in [0.717, 1.165) is 16.5 Å². The van der Waals surface area contributed by atoms with Crippen molar-refractivity contribution in [1.29, 1.82) is 0 Å². The summed E-state index contributed by atoms with van der Waals surface area (Å²) in [6.07, 6.45) is 3.86. The van der Waals surface area contributed by atoms with Gasteiger partial charge in [0.25, 0.3) is 0 Å². The van der Waals surface area contributed by atoms with Crippen LogP contribution < -0.4 is 11.1 Å². The number of fused-ring (bicyclic) bond motifs is 1. The molecule has 0 saturated heterocycles. The number of nitrogens with two attached hydrogens (primary N) is 1. The molecule has 0 aliphatic rings. The first-order valence-corrected chi connectivity index (χ1v) is 7.54. The summed E-state index contributed by atoms with van der Waals surface area (Å²) in [7, 11) is 0. The summed E-state index contributed by atoms with van der Waals surface area (Å²) in [6.45, 7) is 2.45. The molecule has 0 aliphatic carbocycles. The lowest BCUT2D eigenvalue weighted by atomic mass is 10.1. The molecule has 4 nitrogen and oxygen atoms in total. The molecule has 3 aromatic rings. The molecule has 1 amide bonds. The van der Waals surface area contributed by atoms with Crippen LogP contribution in [0.5, 0.6) is 0 Å². The molecule has 118 valence electrons. The van der Waals surface area contributed by atoms with Crippen LogP contribution in [0.3, 0.4) is 0 Å². The van der Waals surface area contributed by atoms with Gasteiger partial charge in [0.2, 0.25) is 5.91 Å². The van der Waals surface area contributed by atoms with E-state index in [-0.39, 0.29) is 5.91 Å². The van der Waals surface area contributed by atoms with Crippen molar-refractivity contribution < 1.29 is 4.79 Å². The number of hydrogen-bond acceptors (Lipinski definition) is 3. The third-order valence-corrected chi connectivity index (χ3v) is 3.24. The summed E-state index contributed by atoms with van der Waals surface area (Å²) < 4.78 is 0. The molecule has 1 aromatic heterocycles. The van der Waals surface area contributed by atoms with E-state index in [0.29, 0.717) is 13.0 Å². The Morgan fingerprint density at radius 1 is 1.09 bits per heavy atom. The number of benzene rings is 2. The van der Waals surface area contributed by atoms with Crippen LogP contribution in [0.15, 0.2) is 67.0 Å². The summed E-state index contributed by atoms with van der Waals surface area (Å²) >= 11 is 0. The predicted octanol–water partition coefficient (Wildman–Crippen LogP) is 3.52. The molecule has 1 heterocycles. The molecule has 23 heavy (non-hydrogen) atoms. The minimum absolute atomic E-state index is 0.0593. The zero-order valence-corrected chi connectivity index (χ0v) is 13.2. The minimum Gasteiger partial charge on any atom is -0.330 e. The third kappa shape index (κ3) is 5.52. The number of aryl methyl sites for hydroxylation is 1. The van der Waals surface area contributed by atoms with Gasteiger partial charge in [0.15, 0.2) is 0 Å². The van der Waals surface area contributed by atoms with Crippen molar-refractivity contribution in [3.05, 3.63) is 72.6 Å². The van der Waals surface area contributed by atoms with Gasteiger partial charge in [-0.3, -0.25) is 9.78 Å². The summed E-state index contributed by atoms with van der Waals surface area (Å²) in [6, 6.07) is 17.9. The maximum Gasteiger partial charge on any atom is 0.225 e. The van der Waals surface area contributed by atoms with Gasteiger partial charge in [0.05, 0.1) is 0 Å². The van der Waals surface area contributed by atoms with E-state index in [9.17, 15) is 4.79 Å². The number of nitrogens with zero attached hydrogens (tertiary/aromatic N) is 1. The Morgan fingerprint density at radius 2 is 1.87 bits per heavy atom. The number of anilines is 1. The third-order valence-electron chi connectivity index (χ3n) is 3.24. The van der Waals surface area contributed by atoms with Crippen molar-refractivity contribution in [2.75, 3.05) is 11.9 Å². The second kappa shape index (κ2) is 8.66. The van der Waals surface area contributed by atoms with Crippen LogP contribution in [0, 0.1) is 6.92 Å². The van der Waals surface area contributed by atoms with Crippen LogP contribution >= 0.6 is 0 Å². The van der Waals surface area contributed by atoms with Crippen molar-refractivity contribution in [2.45, 2.75) is 13.3 Å². The lowest BCUT2D eigenvalue weighted by Crippen LogP contribution is -2.16. The van der Waals surface area contributed by atoms with E-state index in [1.54, 1.807) is 12.4 Å². The molecule has 0 aliphatic heterocycles. The van der Waals surface area contributed by atoms with Gasteiger partial charge in [-0.15, -0.1) is 0 Å². The van der Waals surface area contributed by atoms with E-state index in [4.69, 9.17) is 5.73 Å². The summed E-state index contributed by atoms with van der Waals surface area (Å²) in [5.74, 6) is -0.0593. The van der Waals surface area contributed by atoms with Gasteiger partial charge in [-0.05, 0) is 30.5 Å². The molecule has 2 aromatic carbocycles. The summed E-state index contributed by atoms with van der Waals surface area (Å²) in [5.41, 5.74) is 7.42. The first kappa shape index (κ1) is 16.6. The second-order valence-corrected chi connectivity index (χ2v) is 5.18. The zero-order chi connectivity index (χ0) is 16.5. The molecule has 0 spiro atoms. The van der Waals surface area contributed by atoms with Crippen LogP contribution in [0.25, 0.3) is 10.8 Å². The fourth-order valence-electron chi connectivity index (χ4n) is 2.05. The molecule has 0 saturated carbocycles. The minimum atomic E-state index is -0.0593. The topological polar surface area (TPSA) is 68.0 Å². The maximum atomic E-state index is 11.3. The number of aromatic nitrogens is 1. The molecule has 0 unspecified atom stereocenters. The van der Waals surface area contributed by atoms with Crippen molar-refractivity contribution in [2.24, 2.45) is 5.73 Å². The highest BCUT2D eigenvalue weighted by Crippen LogP contribution is 2.17. The maximum absolute atomic E-state index is 11.3. The molecule has 3 N–H and O–H groups in total. The lowest BCUT2D eigenvalue weighted by molar-refractivity contribution is -0.116. The molecule has 4 heteroatoms. The lowest BCUT2D eigenvalue weighted by Gasteiger charge is -2.05. The average molecular weight is 307 g/mol. The molecule has 0 bridgehead atoms. The second-order valence-electron chi connectivity index (χ2n) is 5.18. The fourth-order valence-corrected chi connectivity index (χ4v) is 2.05. The summed E-state index contributed by atoms with van der Waals surface area (Å²) in [5, 5.41) is 4.91. The van der Waals surface area contributed by atoms with E-state index in [2.05, 4.69) is 29.4 Å². The zero-order valence-electron chi connectivity index (χ0n) is 13.2. The Bertz CT molecular complexity index is 757. The van der Waals surface area contributed by atoms with Crippen LogP contribution in [-0.2, 0) is 4.79 Å². The highest BCUT2D eigenvalue weighted by molar-refractivity contribution is 5.94. The standard InChI is InChI=1S/C12H13N3O.C7H8/c13-5-3-12(16)15-11-2-1-10-8-14-6-4-9(10)7-11;1-7-5-3-2-4-6-7/h1-2,4,6-8H,3,5,13H2,(H,15,16);2-6H,1H3. The van der Waals surface area contributed by atoms with E-state index < -0.39 is 0 Å². The Hall–Kier alpha value is -2.72. The Balaban J connectivity index is 0.000000229. The van der Waals surface area contributed by atoms with Crippen molar-refractivity contribution in [3.63, 3.8) is 0 Å². The van der Waals surface area contributed by atoms with Gasteiger partial charge in [0, 0.05) is 36.4 Å². The van der Waals surface area contributed by atoms with Gasteiger partial charge < -0.3 is 11.1 Å². The Kier molecular flexibility index (Phi) is 6.27. The first-order valence-electron chi connectivity index (χ1n) is 7.54. The number of carbonyl (C=O) groups is 1. The molecule has 0 atom stereocenters. The van der Waals surface area contributed by atoms with Gasteiger partial charge in [0.1, 0.15) is 0 Å². The largest absolute Gasteiger partial charge is 0.330 e. The molecular formula is C19H21N3O. The molecule has 0 radical (unpaired) electrons. The van der Waals surface area contributed by atoms with E-state index in [1.807, 2.05) is 42.5 Å². The van der Waals surface area contributed by atoms with Crippen LogP contribution in [-0.4, -0.2) is 17.4 Å². The highest BCUT2D eigenvalue weighted by Gasteiger charge is 2.01. The summed E-state index contributed by atoms with van der Waals surface area (Å²) in [4.78, 5) is 15.4. The monoisotopic (exact) mass is 307 g/mol. The number of nitrogens with one attached hydrogen (secondary N) is 1. The van der Waals surface area contributed by atoms with Crippen LogP contribution in [0.1, 0.15) is 12.0 Å². The highest BCUT2D eigenvalue weighted by atomic mass is 16.1. The van der Waals surface area contributed by atoms with Gasteiger partial charge in [-0.1, -0.05) is 42.0 Å². The van der Waals surface area contributed by atoms with Crippen molar-refractivity contribution in [3.8, 4) is 0 Å². The normalized spacial score (nSPS) is 9.83. The fraction of sp³-hybridized carbons (Fsp3) is 0.158.